The van der Waals surface area contributed by atoms with Gasteiger partial charge in [-0.2, -0.15) is 0 Å². The van der Waals surface area contributed by atoms with Crippen LogP contribution in [0.3, 0.4) is 0 Å². The Morgan fingerprint density at radius 2 is 2.11 bits per heavy atom. The van der Waals surface area contributed by atoms with Crippen LogP contribution in [-0.4, -0.2) is 26.8 Å². The van der Waals surface area contributed by atoms with E-state index in [1.165, 1.54) is 18.3 Å². The van der Waals surface area contributed by atoms with Crippen molar-refractivity contribution in [2.45, 2.75) is 20.3 Å². The number of aromatic carboxylic acids is 1. The van der Waals surface area contributed by atoms with Gasteiger partial charge in [0.15, 0.2) is 11.5 Å². The van der Waals surface area contributed by atoms with Gasteiger partial charge in [-0.3, -0.25) is 4.79 Å². The van der Waals surface area contributed by atoms with Crippen LogP contribution in [0.2, 0.25) is 0 Å². The van der Waals surface area contributed by atoms with E-state index in [4.69, 9.17) is 5.11 Å². The first-order valence-electron chi connectivity index (χ1n) is 5.12. The molecule has 0 aliphatic carbocycles. The Balaban J connectivity index is 2.32. The number of aryl methyl sites for hydroxylation is 1. The Labute approximate surface area is 111 Å². The molecule has 7 heteroatoms. The number of carbonyl (C=O) groups excluding carboxylic acids is 1. The lowest BCUT2D eigenvalue weighted by Gasteiger charge is -1.89. The molecule has 0 amide bonds. The summed E-state index contributed by atoms with van der Waals surface area (Å²) in [7, 11) is 0. The Morgan fingerprint density at radius 3 is 2.56 bits per heavy atom. The molecule has 0 atom stereocenters. The molecule has 0 aromatic carbocycles. The van der Waals surface area contributed by atoms with E-state index in [1.54, 1.807) is 0 Å². The van der Waals surface area contributed by atoms with Gasteiger partial charge < -0.3 is 5.11 Å². The molecule has 18 heavy (non-hydrogen) atoms. The zero-order chi connectivity index (χ0) is 13.3. The Hall–Kier alpha value is -1.60. The highest BCUT2D eigenvalue weighted by Crippen LogP contribution is 2.22. The van der Waals surface area contributed by atoms with Gasteiger partial charge in [-0.15, -0.1) is 22.7 Å². The van der Waals surface area contributed by atoms with Crippen LogP contribution in [0.4, 0.5) is 0 Å². The van der Waals surface area contributed by atoms with E-state index in [0.29, 0.717) is 11.4 Å². The molecule has 0 spiro atoms. The monoisotopic (exact) mass is 282 g/mol. The number of thiazole rings is 2. The summed E-state index contributed by atoms with van der Waals surface area (Å²) in [5, 5.41) is 12.4. The van der Waals surface area contributed by atoms with Gasteiger partial charge in [0.05, 0.1) is 10.7 Å². The molecule has 0 bridgehead atoms. The molecule has 1 N–H and O–H groups in total. The summed E-state index contributed by atoms with van der Waals surface area (Å²) in [4.78, 5) is 30.8. The Kier molecular flexibility index (Phi) is 3.53. The van der Waals surface area contributed by atoms with Gasteiger partial charge in [0.25, 0.3) is 0 Å². The van der Waals surface area contributed by atoms with Crippen LogP contribution in [-0.2, 0) is 6.42 Å². The number of rotatable bonds is 4. The molecule has 2 rings (SSSR count). The van der Waals surface area contributed by atoms with Crippen molar-refractivity contribution in [1.29, 1.82) is 0 Å². The second kappa shape index (κ2) is 4.95. The first-order chi connectivity index (χ1) is 8.47. The van der Waals surface area contributed by atoms with Crippen molar-refractivity contribution >= 4 is 34.4 Å². The summed E-state index contributed by atoms with van der Waals surface area (Å²) in [6, 6.07) is 0. The van der Waals surface area contributed by atoms with Crippen LogP contribution in [0.15, 0.2) is 5.38 Å². The van der Waals surface area contributed by atoms with Crippen molar-refractivity contribution in [2.24, 2.45) is 0 Å². The van der Waals surface area contributed by atoms with Gasteiger partial charge in [-0.1, -0.05) is 0 Å². The van der Waals surface area contributed by atoms with E-state index in [-0.39, 0.29) is 16.4 Å². The van der Waals surface area contributed by atoms with Crippen molar-refractivity contribution in [3.05, 3.63) is 31.7 Å². The lowest BCUT2D eigenvalue weighted by atomic mass is 10.3. The highest BCUT2D eigenvalue weighted by atomic mass is 32.1. The van der Waals surface area contributed by atoms with Gasteiger partial charge in [0.2, 0.25) is 0 Å². The van der Waals surface area contributed by atoms with Gasteiger partial charge in [-0.05, 0) is 6.92 Å². The molecule has 0 saturated carbocycles. The number of ketones is 1. The lowest BCUT2D eigenvalue weighted by molar-refractivity contribution is 0.0687. The van der Waals surface area contributed by atoms with Gasteiger partial charge in [-0.25, -0.2) is 14.8 Å². The molecular weight excluding hydrogens is 272 g/mol. The zero-order valence-electron chi connectivity index (χ0n) is 9.76. The smallest absolute Gasteiger partial charge is 0.356 e. The molecule has 2 aromatic heterocycles. The third kappa shape index (κ3) is 2.62. The van der Waals surface area contributed by atoms with E-state index in [2.05, 4.69) is 9.97 Å². The second-order valence-electron chi connectivity index (χ2n) is 3.68. The van der Waals surface area contributed by atoms with E-state index >= 15 is 0 Å². The average Bonchev–Trinajstić information content (AvgIpc) is 2.85. The number of carboxylic acid groups (broad SMARTS) is 1. The topological polar surface area (TPSA) is 80.2 Å². The number of carbonyl (C=O) groups is 2. The number of hydrogen-bond donors (Lipinski definition) is 1. The Bertz CT molecular complexity index is 584. The molecule has 2 heterocycles. The maximum atomic E-state index is 11.3. The van der Waals surface area contributed by atoms with Gasteiger partial charge >= 0.3 is 5.97 Å². The van der Waals surface area contributed by atoms with Crippen molar-refractivity contribution in [3.8, 4) is 0 Å². The summed E-state index contributed by atoms with van der Waals surface area (Å²) < 4.78 is 0. The summed E-state index contributed by atoms with van der Waals surface area (Å²) in [6.07, 6.45) is 0.461. The predicted molar refractivity (Wildman–Crippen MR) is 68.7 cm³/mol. The highest BCUT2D eigenvalue weighted by molar-refractivity contribution is 7.14. The average molecular weight is 282 g/mol. The minimum atomic E-state index is -1.17. The highest BCUT2D eigenvalue weighted by Gasteiger charge is 2.20. The number of nitrogens with zero attached hydrogens (tertiary/aromatic N) is 2. The van der Waals surface area contributed by atoms with Gasteiger partial charge in [0.1, 0.15) is 9.88 Å². The predicted octanol–water partition coefficient (Wildman–Crippen LogP) is 2.40. The SMILES string of the molecule is CC(=O)c1sc(Cc2csc(C)n2)nc1C(=O)O. The lowest BCUT2D eigenvalue weighted by Crippen LogP contribution is -2.03. The van der Waals surface area contributed by atoms with E-state index in [0.717, 1.165) is 22.0 Å². The zero-order valence-corrected chi connectivity index (χ0v) is 11.4. The molecule has 5 nitrogen and oxygen atoms in total. The van der Waals surface area contributed by atoms with Crippen LogP contribution in [0.1, 0.15) is 42.8 Å². The standard InChI is InChI=1S/C11H10N2O3S2/c1-5(14)10-9(11(15)16)13-8(18-10)3-7-4-17-6(2)12-7/h4H,3H2,1-2H3,(H,15,16). The van der Waals surface area contributed by atoms with Crippen molar-refractivity contribution in [3.63, 3.8) is 0 Å². The number of hydrogen-bond acceptors (Lipinski definition) is 6. The summed E-state index contributed by atoms with van der Waals surface area (Å²) in [5.41, 5.74) is 0.688. The van der Waals surface area contributed by atoms with E-state index < -0.39 is 5.97 Å². The third-order valence-corrected chi connectivity index (χ3v) is 4.17. The Morgan fingerprint density at radius 1 is 1.39 bits per heavy atom. The summed E-state index contributed by atoms with van der Waals surface area (Å²) >= 11 is 2.65. The maximum Gasteiger partial charge on any atom is 0.356 e. The molecule has 0 unspecified atom stereocenters. The fourth-order valence-electron chi connectivity index (χ4n) is 1.47. The largest absolute Gasteiger partial charge is 0.476 e. The number of carboxylic acids is 1. The first-order valence-corrected chi connectivity index (χ1v) is 6.82. The normalized spacial score (nSPS) is 10.6. The van der Waals surface area contributed by atoms with E-state index in [1.807, 2.05) is 12.3 Å². The van der Waals surface area contributed by atoms with Crippen LogP contribution in [0, 0.1) is 6.92 Å². The van der Waals surface area contributed by atoms with Crippen LogP contribution in [0.5, 0.6) is 0 Å². The second-order valence-corrected chi connectivity index (χ2v) is 5.83. The fraction of sp³-hybridized carbons (Fsp3) is 0.273. The summed E-state index contributed by atoms with van der Waals surface area (Å²) in [6.45, 7) is 3.25. The van der Waals surface area contributed by atoms with Crippen molar-refractivity contribution in [1.82, 2.24) is 9.97 Å². The maximum absolute atomic E-state index is 11.3. The van der Waals surface area contributed by atoms with Crippen LogP contribution in [0.25, 0.3) is 0 Å². The molecule has 0 aliphatic heterocycles. The first kappa shape index (κ1) is 12.8. The summed E-state index contributed by atoms with van der Waals surface area (Å²) in [5.74, 6) is -1.44. The quantitative estimate of drug-likeness (QED) is 0.871. The number of Topliss-reactive ketones (excluding diaryl/α,β-unsaturated/α-hetero) is 1. The van der Waals surface area contributed by atoms with Gasteiger partial charge in [0, 0.05) is 18.7 Å². The molecule has 0 fully saturated rings. The van der Waals surface area contributed by atoms with Crippen LogP contribution < -0.4 is 0 Å². The molecule has 94 valence electrons. The molecule has 2 aromatic rings. The third-order valence-electron chi connectivity index (χ3n) is 2.19. The molecule has 0 saturated heterocycles. The minimum absolute atomic E-state index is 0.158. The van der Waals surface area contributed by atoms with E-state index in [9.17, 15) is 9.59 Å². The van der Waals surface area contributed by atoms with Crippen LogP contribution >= 0.6 is 22.7 Å². The molecule has 0 aliphatic rings. The molecule has 0 radical (unpaired) electrons. The van der Waals surface area contributed by atoms with Crippen molar-refractivity contribution < 1.29 is 14.7 Å². The minimum Gasteiger partial charge on any atom is -0.476 e. The van der Waals surface area contributed by atoms with Crippen molar-refractivity contribution in [2.75, 3.05) is 0 Å². The fourth-order valence-corrected chi connectivity index (χ4v) is 3.05. The number of aromatic nitrogens is 2. The molecular formula is C11H10N2O3S2.